The van der Waals surface area contributed by atoms with Gasteiger partial charge in [0.25, 0.3) is 0 Å². The van der Waals surface area contributed by atoms with Crippen LogP contribution < -0.4 is 14.9 Å². The molecule has 0 unspecified atom stereocenters. The van der Waals surface area contributed by atoms with Crippen LogP contribution in [-0.2, 0) is 22.3 Å². The Hall–Kier alpha value is -2.54. The Morgan fingerprint density at radius 2 is 1.88 bits per heavy atom. The molecule has 0 atom stereocenters. The average Bonchev–Trinajstić information content (AvgIpc) is 2.59. The van der Waals surface area contributed by atoms with Gasteiger partial charge in [-0.15, -0.1) is 0 Å². The highest BCUT2D eigenvalue weighted by Gasteiger charge is 2.23. The number of sulfonamides is 1. The van der Waals surface area contributed by atoms with Gasteiger partial charge in [0, 0.05) is 18.8 Å². The first kappa shape index (κ1) is 18.3. The number of nitrogens with one attached hydrogen (secondary N) is 2. The third-order valence-electron chi connectivity index (χ3n) is 4.24. The Bertz CT molecular complexity index is 908. The van der Waals surface area contributed by atoms with E-state index in [1.807, 2.05) is 38.1 Å². The highest BCUT2D eigenvalue weighted by molar-refractivity contribution is 7.91. The summed E-state index contributed by atoms with van der Waals surface area (Å²) < 4.78 is 27.5. The molecule has 0 fully saturated rings. The molecule has 2 aromatic rings. The predicted molar refractivity (Wildman–Crippen MR) is 104 cm³/mol. The van der Waals surface area contributed by atoms with Crippen molar-refractivity contribution in [2.75, 3.05) is 16.2 Å². The monoisotopic (exact) mass is 373 g/mol. The lowest BCUT2D eigenvalue weighted by Crippen LogP contribution is -2.44. The van der Waals surface area contributed by atoms with Crippen molar-refractivity contribution in [3.63, 3.8) is 0 Å². The molecule has 2 aromatic carbocycles. The van der Waals surface area contributed by atoms with E-state index in [2.05, 4.69) is 10.0 Å². The summed E-state index contributed by atoms with van der Waals surface area (Å²) in [5.74, 6) is -0.0803. The zero-order valence-corrected chi connectivity index (χ0v) is 15.8. The van der Waals surface area contributed by atoms with E-state index in [0.29, 0.717) is 18.8 Å². The van der Waals surface area contributed by atoms with E-state index in [9.17, 15) is 13.2 Å². The van der Waals surface area contributed by atoms with E-state index in [4.69, 9.17) is 0 Å². The van der Waals surface area contributed by atoms with Crippen molar-refractivity contribution < 1.29 is 13.2 Å². The molecule has 0 saturated carbocycles. The largest absolute Gasteiger partial charge is 0.334 e. The molecule has 0 aliphatic carbocycles. The van der Waals surface area contributed by atoms with Crippen LogP contribution in [0.5, 0.6) is 0 Å². The minimum atomic E-state index is -3.51. The molecule has 2 N–H and O–H groups in total. The quantitative estimate of drug-likeness (QED) is 0.815. The summed E-state index contributed by atoms with van der Waals surface area (Å²) in [5, 5.41) is 2.82. The number of fused-ring (bicyclic) bond motifs is 1. The van der Waals surface area contributed by atoms with Crippen molar-refractivity contribution in [2.24, 2.45) is 0 Å². The van der Waals surface area contributed by atoms with Crippen molar-refractivity contribution in [1.82, 2.24) is 5.32 Å². The van der Waals surface area contributed by atoms with Gasteiger partial charge in [-0.2, -0.15) is 0 Å². The number of aryl methyl sites for hydroxylation is 1. The summed E-state index contributed by atoms with van der Waals surface area (Å²) in [6.45, 7) is 4.98. The van der Waals surface area contributed by atoms with E-state index in [-0.39, 0.29) is 11.8 Å². The first-order valence-electron chi connectivity index (χ1n) is 8.62. The lowest BCUT2D eigenvalue weighted by molar-refractivity contribution is 0.244. The van der Waals surface area contributed by atoms with Crippen LogP contribution in [0.25, 0.3) is 0 Å². The molecule has 138 valence electrons. The van der Waals surface area contributed by atoms with Gasteiger partial charge in [0.05, 0.1) is 11.4 Å². The fourth-order valence-corrected chi connectivity index (χ4v) is 4.18. The fourth-order valence-electron chi connectivity index (χ4n) is 2.99. The summed E-state index contributed by atoms with van der Waals surface area (Å²) in [6, 6.07) is 12.6. The Kier molecular flexibility index (Phi) is 5.18. The smallest absolute Gasteiger partial charge is 0.322 e. The van der Waals surface area contributed by atoms with Crippen molar-refractivity contribution >= 4 is 27.4 Å². The number of carbonyl (C=O) groups is 1. The van der Waals surface area contributed by atoms with Crippen LogP contribution >= 0.6 is 0 Å². The zero-order valence-electron chi connectivity index (χ0n) is 15.0. The standard InChI is InChI=1S/C19H23N3O3S/c1-3-10-22-18-9-8-17(11-16(18)12-20-19(22)23)21-26(24,25)13-15-6-4-14(2)5-7-15/h4-9,11,21H,3,10,12-13H2,1-2H3,(H,20,23). The molecule has 2 amide bonds. The second kappa shape index (κ2) is 7.37. The highest BCUT2D eigenvalue weighted by atomic mass is 32.2. The number of hydrogen-bond acceptors (Lipinski definition) is 3. The molecule has 0 aromatic heterocycles. The number of urea groups is 1. The van der Waals surface area contributed by atoms with Crippen LogP contribution in [0.1, 0.15) is 30.0 Å². The van der Waals surface area contributed by atoms with Gasteiger partial charge in [-0.3, -0.25) is 9.62 Å². The summed E-state index contributed by atoms with van der Waals surface area (Å²) in [4.78, 5) is 13.7. The van der Waals surface area contributed by atoms with Gasteiger partial charge in [0.15, 0.2) is 0 Å². The second-order valence-corrected chi connectivity index (χ2v) is 8.22. The highest BCUT2D eigenvalue weighted by Crippen LogP contribution is 2.28. The molecule has 1 heterocycles. The molecule has 0 bridgehead atoms. The van der Waals surface area contributed by atoms with E-state index in [0.717, 1.165) is 28.8 Å². The molecular formula is C19H23N3O3S. The van der Waals surface area contributed by atoms with Crippen LogP contribution in [0.2, 0.25) is 0 Å². The molecule has 26 heavy (non-hydrogen) atoms. The van der Waals surface area contributed by atoms with Gasteiger partial charge in [-0.1, -0.05) is 36.8 Å². The molecule has 6 nitrogen and oxygen atoms in total. The number of carbonyl (C=O) groups excluding carboxylic acids is 1. The number of rotatable bonds is 6. The van der Waals surface area contributed by atoms with E-state index < -0.39 is 10.0 Å². The minimum absolute atomic E-state index is 0.0803. The van der Waals surface area contributed by atoms with Gasteiger partial charge in [0.1, 0.15) is 0 Å². The Balaban J connectivity index is 1.78. The Morgan fingerprint density at radius 3 is 2.58 bits per heavy atom. The molecule has 0 saturated heterocycles. The van der Waals surface area contributed by atoms with Crippen molar-refractivity contribution in [2.45, 2.75) is 32.6 Å². The van der Waals surface area contributed by atoms with Crippen molar-refractivity contribution in [3.05, 3.63) is 59.2 Å². The van der Waals surface area contributed by atoms with Crippen molar-refractivity contribution in [3.8, 4) is 0 Å². The van der Waals surface area contributed by atoms with Crippen LogP contribution in [0.15, 0.2) is 42.5 Å². The first-order valence-corrected chi connectivity index (χ1v) is 10.3. The summed E-state index contributed by atoms with van der Waals surface area (Å²) in [7, 11) is -3.51. The number of benzene rings is 2. The maximum atomic E-state index is 12.4. The Morgan fingerprint density at radius 1 is 1.15 bits per heavy atom. The normalized spacial score (nSPS) is 13.9. The fraction of sp³-hybridized carbons (Fsp3) is 0.316. The molecule has 0 radical (unpaired) electrons. The lowest BCUT2D eigenvalue weighted by Gasteiger charge is -2.30. The van der Waals surface area contributed by atoms with Crippen LogP contribution in [0, 0.1) is 6.92 Å². The van der Waals surface area contributed by atoms with E-state index >= 15 is 0 Å². The third-order valence-corrected chi connectivity index (χ3v) is 5.50. The topological polar surface area (TPSA) is 78.5 Å². The average molecular weight is 373 g/mol. The summed E-state index contributed by atoms with van der Waals surface area (Å²) in [5.41, 5.74) is 4.06. The van der Waals surface area contributed by atoms with Crippen LogP contribution in [-0.4, -0.2) is 21.0 Å². The summed E-state index contributed by atoms with van der Waals surface area (Å²) in [6.07, 6.45) is 0.845. The SMILES string of the molecule is CCCN1C(=O)NCc2cc(NS(=O)(=O)Cc3ccc(C)cc3)ccc21. The maximum absolute atomic E-state index is 12.4. The Labute approximate surface area is 154 Å². The predicted octanol–water partition coefficient (Wildman–Crippen LogP) is 3.38. The van der Waals surface area contributed by atoms with Crippen LogP contribution in [0.4, 0.5) is 16.2 Å². The number of nitrogens with zero attached hydrogens (tertiary/aromatic N) is 1. The number of anilines is 2. The molecule has 1 aliphatic heterocycles. The lowest BCUT2D eigenvalue weighted by atomic mass is 10.1. The number of hydrogen-bond donors (Lipinski definition) is 2. The first-order chi connectivity index (χ1) is 12.4. The minimum Gasteiger partial charge on any atom is -0.334 e. The third kappa shape index (κ3) is 4.16. The van der Waals surface area contributed by atoms with Crippen LogP contribution in [0.3, 0.4) is 0 Å². The molecular weight excluding hydrogens is 350 g/mol. The van der Waals surface area contributed by atoms with Gasteiger partial charge < -0.3 is 5.32 Å². The molecule has 0 spiro atoms. The molecule has 1 aliphatic rings. The molecule has 7 heteroatoms. The summed E-state index contributed by atoms with van der Waals surface area (Å²) >= 11 is 0. The van der Waals surface area contributed by atoms with Gasteiger partial charge >= 0.3 is 6.03 Å². The zero-order chi connectivity index (χ0) is 18.7. The molecule has 3 rings (SSSR count). The van der Waals surface area contributed by atoms with E-state index in [1.165, 1.54) is 0 Å². The van der Waals surface area contributed by atoms with E-state index in [1.54, 1.807) is 23.1 Å². The van der Waals surface area contributed by atoms with Gasteiger partial charge in [0.2, 0.25) is 10.0 Å². The van der Waals surface area contributed by atoms with Crippen molar-refractivity contribution in [1.29, 1.82) is 0 Å². The number of amides is 2. The van der Waals surface area contributed by atoms with Gasteiger partial charge in [-0.05, 0) is 42.7 Å². The van der Waals surface area contributed by atoms with Gasteiger partial charge in [-0.25, -0.2) is 13.2 Å². The maximum Gasteiger partial charge on any atom is 0.322 e. The second-order valence-electron chi connectivity index (χ2n) is 6.50.